The quantitative estimate of drug-likeness (QED) is 0.598. The van der Waals surface area contributed by atoms with Crippen molar-refractivity contribution < 1.29 is 6.22 Å². The summed E-state index contributed by atoms with van der Waals surface area (Å²) in [6.07, 6.45) is 4.17. The van der Waals surface area contributed by atoms with Crippen molar-refractivity contribution in [3.8, 4) is 0 Å². The fourth-order valence-electron chi connectivity index (χ4n) is 1.07. The molecule has 2 nitrogen and oxygen atoms in total. The van der Waals surface area contributed by atoms with Crippen molar-refractivity contribution in [2.45, 2.75) is 39.5 Å². The highest BCUT2D eigenvalue weighted by molar-refractivity contribution is 5.80. The Kier molecular flexibility index (Phi) is 7.06. The van der Waals surface area contributed by atoms with E-state index in [9.17, 15) is 4.79 Å². The molecular weight excluding hydrogens is 150 g/mol. The summed E-state index contributed by atoms with van der Waals surface area (Å²) < 4.78 is 0. The van der Waals surface area contributed by atoms with Crippen molar-refractivity contribution in [2.75, 3.05) is 13.6 Å². The van der Waals surface area contributed by atoms with Gasteiger partial charge in [-0.25, -0.2) is 0 Å². The van der Waals surface area contributed by atoms with E-state index in [4.69, 9.17) is 0 Å². The fraction of sp³-hybridized carbons (Fsp3) is 0.900. The van der Waals surface area contributed by atoms with Crippen LogP contribution in [0.2, 0.25) is 0 Å². The molecule has 0 aliphatic rings. The van der Waals surface area contributed by atoms with Gasteiger partial charge in [-0.05, 0) is 26.4 Å². The van der Waals surface area contributed by atoms with Crippen LogP contribution in [0.1, 0.15) is 41.0 Å². The molecule has 0 rings (SSSR count). The SMILES string of the molecule is CNCCCCCC(=O)C(C)C.[HH]. The van der Waals surface area contributed by atoms with Gasteiger partial charge < -0.3 is 5.32 Å². The lowest BCUT2D eigenvalue weighted by atomic mass is 10.0. The molecule has 0 aliphatic carbocycles. The first kappa shape index (κ1) is 11.6. The van der Waals surface area contributed by atoms with Gasteiger partial charge >= 0.3 is 0 Å². The summed E-state index contributed by atoms with van der Waals surface area (Å²) in [4.78, 5) is 11.2. The highest BCUT2D eigenvalue weighted by Crippen LogP contribution is 2.05. The van der Waals surface area contributed by atoms with Gasteiger partial charge in [0.1, 0.15) is 5.78 Å². The van der Waals surface area contributed by atoms with E-state index in [0.29, 0.717) is 5.78 Å². The van der Waals surface area contributed by atoms with E-state index in [0.717, 1.165) is 19.4 Å². The predicted molar refractivity (Wildman–Crippen MR) is 54.4 cm³/mol. The molecule has 12 heavy (non-hydrogen) atoms. The zero-order valence-electron chi connectivity index (χ0n) is 8.52. The molecule has 74 valence electrons. The molecule has 0 saturated carbocycles. The van der Waals surface area contributed by atoms with E-state index >= 15 is 0 Å². The topological polar surface area (TPSA) is 29.1 Å². The van der Waals surface area contributed by atoms with Gasteiger partial charge in [0, 0.05) is 13.8 Å². The Hall–Kier alpha value is -0.370. The molecule has 0 unspecified atom stereocenters. The number of rotatable bonds is 7. The average Bonchev–Trinajstić information content (AvgIpc) is 2.03. The summed E-state index contributed by atoms with van der Waals surface area (Å²) in [7, 11) is 1.96. The fourth-order valence-corrected chi connectivity index (χ4v) is 1.07. The zero-order valence-corrected chi connectivity index (χ0v) is 8.52. The Balaban J connectivity index is 0. The maximum atomic E-state index is 11.2. The van der Waals surface area contributed by atoms with Gasteiger partial charge in [0.2, 0.25) is 0 Å². The summed E-state index contributed by atoms with van der Waals surface area (Å²) in [5.41, 5.74) is 0. The normalized spacial score (nSPS) is 10.7. The Labute approximate surface area is 77.2 Å². The molecule has 0 aliphatic heterocycles. The molecule has 0 saturated heterocycles. The van der Waals surface area contributed by atoms with Crippen LogP contribution in [0.15, 0.2) is 0 Å². The molecule has 2 heteroatoms. The number of hydrogen-bond acceptors (Lipinski definition) is 2. The second-order valence-electron chi connectivity index (χ2n) is 3.54. The Morgan fingerprint density at radius 1 is 1.33 bits per heavy atom. The third-order valence-electron chi connectivity index (χ3n) is 1.99. The second-order valence-corrected chi connectivity index (χ2v) is 3.54. The molecule has 0 aromatic heterocycles. The highest BCUT2D eigenvalue weighted by Gasteiger charge is 2.05. The molecular formula is C10H23NO. The van der Waals surface area contributed by atoms with E-state index in [1.54, 1.807) is 0 Å². The molecule has 0 heterocycles. The van der Waals surface area contributed by atoms with Crippen molar-refractivity contribution in [2.24, 2.45) is 5.92 Å². The number of Topliss-reactive ketones (excluding diaryl/α,β-unsaturated/α-hetero) is 1. The first-order valence-electron chi connectivity index (χ1n) is 4.85. The van der Waals surface area contributed by atoms with Gasteiger partial charge in [-0.15, -0.1) is 0 Å². The van der Waals surface area contributed by atoms with Gasteiger partial charge in [0.05, 0.1) is 0 Å². The lowest BCUT2D eigenvalue weighted by Gasteiger charge is -2.03. The first-order chi connectivity index (χ1) is 5.68. The number of unbranched alkanes of at least 4 members (excludes halogenated alkanes) is 2. The standard InChI is InChI=1S/C10H21NO.H2/c1-9(2)10(12)7-5-4-6-8-11-3;/h9,11H,4-8H2,1-3H3;1H. The van der Waals surface area contributed by atoms with Crippen molar-refractivity contribution in [1.82, 2.24) is 5.32 Å². The van der Waals surface area contributed by atoms with Crippen LogP contribution in [0.4, 0.5) is 0 Å². The number of carbonyl (C=O) groups excluding carboxylic acids is 1. The zero-order chi connectivity index (χ0) is 9.40. The molecule has 1 N–H and O–H groups in total. The Morgan fingerprint density at radius 3 is 2.50 bits per heavy atom. The summed E-state index contributed by atoms with van der Waals surface area (Å²) in [5, 5.41) is 3.09. The van der Waals surface area contributed by atoms with E-state index in [-0.39, 0.29) is 7.34 Å². The van der Waals surface area contributed by atoms with E-state index < -0.39 is 0 Å². The molecule has 0 aromatic carbocycles. The number of carbonyl (C=O) groups is 1. The molecule has 0 spiro atoms. The number of hydrogen-bond donors (Lipinski definition) is 1. The van der Waals surface area contributed by atoms with Crippen LogP contribution in [0.5, 0.6) is 0 Å². The third kappa shape index (κ3) is 6.35. The second kappa shape index (κ2) is 7.29. The van der Waals surface area contributed by atoms with E-state index in [1.165, 1.54) is 12.8 Å². The maximum Gasteiger partial charge on any atom is 0.135 e. The minimum absolute atomic E-state index is 0. The van der Waals surface area contributed by atoms with Crippen molar-refractivity contribution >= 4 is 5.78 Å². The van der Waals surface area contributed by atoms with Crippen LogP contribution >= 0.6 is 0 Å². The smallest absolute Gasteiger partial charge is 0.135 e. The van der Waals surface area contributed by atoms with E-state index in [1.807, 2.05) is 20.9 Å². The molecule has 0 bridgehead atoms. The number of nitrogens with one attached hydrogen (secondary N) is 1. The molecule has 0 amide bonds. The summed E-state index contributed by atoms with van der Waals surface area (Å²) >= 11 is 0. The molecule has 0 aromatic rings. The average molecular weight is 173 g/mol. The highest BCUT2D eigenvalue weighted by atomic mass is 16.1. The van der Waals surface area contributed by atoms with Gasteiger partial charge in [-0.2, -0.15) is 0 Å². The Morgan fingerprint density at radius 2 is 2.00 bits per heavy atom. The molecule has 0 radical (unpaired) electrons. The summed E-state index contributed by atoms with van der Waals surface area (Å²) in [6, 6.07) is 0. The number of ketones is 1. The predicted octanol–water partition coefficient (Wildman–Crippen LogP) is 2.24. The van der Waals surface area contributed by atoms with Crippen LogP contribution in [-0.2, 0) is 4.79 Å². The summed E-state index contributed by atoms with van der Waals surface area (Å²) in [5.74, 6) is 0.619. The van der Waals surface area contributed by atoms with Crippen LogP contribution in [-0.4, -0.2) is 19.4 Å². The van der Waals surface area contributed by atoms with Gasteiger partial charge in [-0.3, -0.25) is 4.79 Å². The van der Waals surface area contributed by atoms with Gasteiger partial charge in [-0.1, -0.05) is 20.3 Å². The molecule has 0 atom stereocenters. The van der Waals surface area contributed by atoms with Gasteiger partial charge in [0.25, 0.3) is 0 Å². The van der Waals surface area contributed by atoms with Crippen LogP contribution in [0.25, 0.3) is 0 Å². The molecule has 0 fully saturated rings. The first-order valence-corrected chi connectivity index (χ1v) is 4.85. The lowest BCUT2D eigenvalue weighted by Crippen LogP contribution is -2.09. The maximum absolute atomic E-state index is 11.2. The van der Waals surface area contributed by atoms with Crippen LogP contribution in [0, 0.1) is 5.92 Å². The lowest BCUT2D eigenvalue weighted by molar-refractivity contribution is -0.122. The van der Waals surface area contributed by atoms with Crippen LogP contribution in [0.3, 0.4) is 0 Å². The van der Waals surface area contributed by atoms with Crippen molar-refractivity contribution in [3.05, 3.63) is 0 Å². The largest absolute Gasteiger partial charge is 0.320 e. The Bertz CT molecular complexity index is 126. The summed E-state index contributed by atoms with van der Waals surface area (Å²) in [6.45, 7) is 5.00. The monoisotopic (exact) mass is 173 g/mol. The van der Waals surface area contributed by atoms with Gasteiger partial charge in [0.15, 0.2) is 0 Å². The van der Waals surface area contributed by atoms with E-state index in [2.05, 4.69) is 5.32 Å². The third-order valence-corrected chi connectivity index (χ3v) is 1.99. The minimum Gasteiger partial charge on any atom is -0.320 e. The van der Waals surface area contributed by atoms with Crippen LogP contribution < -0.4 is 5.32 Å². The van der Waals surface area contributed by atoms with Crippen molar-refractivity contribution in [3.63, 3.8) is 0 Å². The van der Waals surface area contributed by atoms with Crippen molar-refractivity contribution in [1.29, 1.82) is 0 Å². The minimum atomic E-state index is 0.